The zero-order valence-corrected chi connectivity index (χ0v) is 37.5. The van der Waals surface area contributed by atoms with Crippen LogP contribution in [0.2, 0.25) is 0 Å². The van der Waals surface area contributed by atoms with Gasteiger partial charge in [-0.2, -0.15) is 8.78 Å². The predicted molar refractivity (Wildman–Crippen MR) is 232 cm³/mol. The molecule has 6 amide bonds. The molecule has 1 aromatic heterocycles. The van der Waals surface area contributed by atoms with E-state index in [2.05, 4.69) is 25.9 Å². The fourth-order valence-corrected chi connectivity index (χ4v) is 7.55. The number of ether oxygens (including phenoxy) is 2. The molecular formula is C46H56F2N8O10. The number of nitrogens with one attached hydrogen (secondary N) is 4. The summed E-state index contributed by atoms with van der Waals surface area (Å²) in [5, 5.41) is 9.35. The van der Waals surface area contributed by atoms with Crippen LogP contribution in [0.4, 0.5) is 13.6 Å². The number of esters is 1. The lowest BCUT2D eigenvalue weighted by Gasteiger charge is -2.32. The molecule has 1 saturated heterocycles. The van der Waals surface area contributed by atoms with Crippen molar-refractivity contribution in [1.29, 1.82) is 0 Å². The standard InChI is InChI=1S/C46H56F2N8O10/c1-6-12-33(39(58)46(47,48)44(63)51-23-36(57)65-26-29-13-8-7-9-14-29)52-41(60)35-21-32(66-45(64)55-20-17-30-15-10-11-16-31(30)24-55)25-56(35)43(62)38(28(4)5)54-42(61)37(27(2)3)53-40(59)34-22-49-18-19-50-34/h7-11,13-16,18-19,22,27-28,32-33,35,37-38H,6,12,17,20-21,23-26H2,1-5H3,(H,51,63)(H,52,60)(H,53,59)(H,54,61)/t32-,33+,35+,37+,38+/m1/s1. The van der Waals surface area contributed by atoms with Crippen LogP contribution in [0.1, 0.15) is 81.1 Å². The topological polar surface area (TPSA) is 235 Å². The molecule has 0 spiro atoms. The molecule has 1 fully saturated rings. The number of amides is 6. The predicted octanol–water partition coefficient (Wildman–Crippen LogP) is 2.89. The minimum atomic E-state index is -4.72. The molecule has 66 heavy (non-hydrogen) atoms. The van der Waals surface area contributed by atoms with Gasteiger partial charge in [0.25, 0.3) is 11.8 Å². The summed E-state index contributed by atoms with van der Waals surface area (Å²) >= 11 is 0. The first-order valence-corrected chi connectivity index (χ1v) is 21.8. The summed E-state index contributed by atoms with van der Waals surface area (Å²) in [6.07, 6.45) is 2.09. The monoisotopic (exact) mass is 918 g/mol. The Bertz CT molecular complexity index is 2230. The molecule has 5 atom stereocenters. The number of nitrogens with zero attached hydrogens (tertiary/aromatic N) is 4. The molecule has 20 heteroatoms. The van der Waals surface area contributed by atoms with E-state index in [4.69, 9.17) is 9.47 Å². The number of carbonyl (C=O) groups excluding carboxylic acids is 8. The number of alkyl halides is 2. The van der Waals surface area contributed by atoms with Crippen LogP contribution in [0.3, 0.4) is 0 Å². The number of rotatable bonds is 19. The number of benzene rings is 2. The van der Waals surface area contributed by atoms with Gasteiger partial charge in [0.05, 0.1) is 18.8 Å². The number of Topliss-reactive ketones (excluding diaryl/α,β-unsaturated/α-hetero) is 1. The summed E-state index contributed by atoms with van der Waals surface area (Å²) in [5.41, 5.74) is 2.56. The van der Waals surface area contributed by atoms with Crippen molar-refractivity contribution in [1.82, 2.24) is 41.0 Å². The van der Waals surface area contributed by atoms with Gasteiger partial charge in [0.15, 0.2) is 0 Å². The third-order valence-electron chi connectivity index (χ3n) is 11.2. The Kier molecular flexibility index (Phi) is 17.4. The highest BCUT2D eigenvalue weighted by atomic mass is 19.3. The summed E-state index contributed by atoms with van der Waals surface area (Å²) in [6, 6.07) is 10.1. The van der Waals surface area contributed by atoms with E-state index in [1.165, 1.54) is 23.5 Å². The summed E-state index contributed by atoms with van der Waals surface area (Å²) in [7, 11) is 0. The molecule has 2 aliphatic rings. The van der Waals surface area contributed by atoms with E-state index in [9.17, 15) is 38.4 Å². The summed E-state index contributed by atoms with van der Waals surface area (Å²) in [6.45, 7) is 7.25. The Labute approximate surface area is 380 Å². The minimum Gasteiger partial charge on any atom is -0.460 e. The number of fused-ring (bicyclic) bond motifs is 1. The average Bonchev–Trinajstić information content (AvgIpc) is 3.74. The number of halogens is 2. The number of aromatic nitrogens is 2. The minimum absolute atomic E-state index is 0.0507. The maximum atomic E-state index is 15.5. The molecule has 5 rings (SSSR count). The number of ketones is 1. The lowest BCUT2D eigenvalue weighted by atomic mass is 9.98. The van der Waals surface area contributed by atoms with E-state index in [1.54, 1.807) is 70.3 Å². The van der Waals surface area contributed by atoms with Crippen LogP contribution in [0, 0.1) is 11.8 Å². The molecule has 0 unspecified atom stereocenters. The Hall–Kier alpha value is -6.86. The van der Waals surface area contributed by atoms with E-state index >= 15 is 8.78 Å². The van der Waals surface area contributed by atoms with Gasteiger partial charge in [-0.1, -0.05) is 95.6 Å². The largest absolute Gasteiger partial charge is 0.460 e. The van der Waals surface area contributed by atoms with Crippen LogP contribution in [-0.4, -0.2) is 123 Å². The van der Waals surface area contributed by atoms with E-state index in [0.29, 0.717) is 18.5 Å². The molecule has 4 N–H and O–H groups in total. The Balaban J connectivity index is 1.33. The van der Waals surface area contributed by atoms with Crippen molar-refractivity contribution < 1.29 is 56.6 Å². The molecular weight excluding hydrogens is 863 g/mol. The number of carbonyl (C=O) groups is 8. The maximum absolute atomic E-state index is 15.5. The highest BCUT2D eigenvalue weighted by molar-refractivity contribution is 6.11. The lowest BCUT2D eigenvalue weighted by molar-refractivity contribution is -0.162. The van der Waals surface area contributed by atoms with Gasteiger partial charge in [-0.05, 0) is 41.4 Å². The Morgan fingerprint density at radius 3 is 2.20 bits per heavy atom. The van der Waals surface area contributed by atoms with Crippen LogP contribution < -0.4 is 21.3 Å². The Morgan fingerprint density at radius 1 is 0.864 bits per heavy atom. The number of hydrogen-bond donors (Lipinski definition) is 4. The molecule has 0 aliphatic carbocycles. The quantitative estimate of drug-likeness (QED) is 0.100. The summed E-state index contributed by atoms with van der Waals surface area (Å²) in [5.74, 6) is -14.2. The van der Waals surface area contributed by atoms with Gasteiger partial charge in [0.1, 0.15) is 43.1 Å². The molecule has 2 aliphatic heterocycles. The molecule has 2 aromatic carbocycles. The van der Waals surface area contributed by atoms with Gasteiger partial charge in [-0.3, -0.25) is 38.5 Å². The molecule has 354 valence electrons. The van der Waals surface area contributed by atoms with E-state index in [0.717, 1.165) is 16.0 Å². The highest BCUT2D eigenvalue weighted by Crippen LogP contribution is 2.27. The maximum Gasteiger partial charge on any atom is 0.410 e. The van der Waals surface area contributed by atoms with Crippen molar-refractivity contribution in [2.45, 2.75) is 110 Å². The highest BCUT2D eigenvalue weighted by Gasteiger charge is 2.52. The third kappa shape index (κ3) is 12.9. The van der Waals surface area contributed by atoms with E-state index < -0.39 is 102 Å². The first kappa shape index (κ1) is 50.1. The zero-order chi connectivity index (χ0) is 48.1. The first-order valence-electron chi connectivity index (χ1n) is 21.8. The fourth-order valence-electron chi connectivity index (χ4n) is 7.55. The van der Waals surface area contributed by atoms with Crippen molar-refractivity contribution in [2.75, 3.05) is 19.6 Å². The summed E-state index contributed by atoms with van der Waals surface area (Å²) in [4.78, 5) is 118. The van der Waals surface area contributed by atoms with Crippen LogP contribution in [0.25, 0.3) is 0 Å². The smallest absolute Gasteiger partial charge is 0.410 e. The Morgan fingerprint density at radius 2 is 1.55 bits per heavy atom. The van der Waals surface area contributed by atoms with Gasteiger partial charge in [-0.15, -0.1) is 0 Å². The second-order valence-electron chi connectivity index (χ2n) is 16.8. The average molecular weight is 919 g/mol. The second kappa shape index (κ2) is 22.9. The van der Waals surface area contributed by atoms with Gasteiger partial charge < -0.3 is 40.5 Å². The molecule has 0 radical (unpaired) electrons. The van der Waals surface area contributed by atoms with Crippen LogP contribution in [0.5, 0.6) is 0 Å². The molecule has 3 aromatic rings. The van der Waals surface area contributed by atoms with Crippen molar-refractivity contribution in [3.63, 3.8) is 0 Å². The van der Waals surface area contributed by atoms with Crippen molar-refractivity contribution in [3.05, 3.63) is 95.6 Å². The third-order valence-corrected chi connectivity index (χ3v) is 11.2. The summed E-state index contributed by atoms with van der Waals surface area (Å²) < 4.78 is 42.0. The normalized spacial score (nSPS) is 17.2. The van der Waals surface area contributed by atoms with Gasteiger partial charge in [0.2, 0.25) is 23.5 Å². The van der Waals surface area contributed by atoms with Crippen LogP contribution >= 0.6 is 0 Å². The molecule has 0 saturated carbocycles. The fraction of sp³-hybridized carbons (Fsp3) is 0.478. The lowest BCUT2D eigenvalue weighted by Crippen LogP contribution is -2.60. The van der Waals surface area contributed by atoms with E-state index in [-0.39, 0.29) is 44.7 Å². The molecule has 0 bridgehead atoms. The van der Waals surface area contributed by atoms with Gasteiger partial charge >= 0.3 is 18.0 Å². The zero-order valence-electron chi connectivity index (χ0n) is 37.5. The van der Waals surface area contributed by atoms with Crippen molar-refractivity contribution in [2.24, 2.45) is 11.8 Å². The second-order valence-corrected chi connectivity index (χ2v) is 16.8. The number of hydrogen-bond acceptors (Lipinski definition) is 12. The van der Waals surface area contributed by atoms with Crippen molar-refractivity contribution >= 4 is 47.4 Å². The van der Waals surface area contributed by atoms with Crippen molar-refractivity contribution in [3.8, 4) is 0 Å². The van der Waals surface area contributed by atoms with Gasteiger partial charge in [0, 0.05) is 31.9 Å². The van der Waals surface area contributed by atoms with Crippen LogP contribution in [0.15, 0.2) is 73.2 Å². The number of likely N-dealkylation sites (tertiary alicyclic amines) is 1. The van der Waals surface area contributed by atoms with Crippen LogP contribution in [-0.2, 0) is 57.8 Å². The SMILES string of the molecule is CCC[C@H](NC(=O)[C@@H]1C[C@@H](OC(=O)N2CCc3ccccc3C2)CN1C(=O)[C@@H](NC(=O)[C@@H](NC(=O)c1cnccn1)C(C)C)C(C)C)C(=O)C(F)(F)C(=O)NCC(=O)OCc1ccccc1. The van der Waals surface area contributed by atoms with E-state index in [1.807, 2.05) is 24.3 Å². The molecule has 3 heterocycles. The van der Waals surface area contributed by atoms with Gasteiger partial charge in [-0.25, -0.2) is 9.78 Å². The first-order chi connectivity index (χ1) is 31.4. The molecule has 18 nitrogen and oxygen atoms in total.